The molecular weight excluding hydrogens is 582 g/mol. The van der Waals surface area contributed by atoms with Crippen LogP contribution in [0, 0.1) is 15.5 Å². The number of nitrogens with one attached hydrogen (secondary N) is 4. The minimum Gasteiger partial charge on any atom is -0.356 e. The van der Waals surface area contributed by atoms with Crippen LogP contribution in [0.4, 0.5) is 0 Å². The number of likely N-dealkylation sites (N-methyl/N-ethyl adjacent to an activating group) is 1. The molecule has 1 aliphatic rings. The van der Waals surface area contributed by atoms with Crippen molar-refractivity contribution in [3.8, 4) is 0 Å². The lowest BCUT2D eigenvalue weighted by Crippen LogP contribution is -2.61. The minimum absolute atomic E-state index is 0.197. The number of hydrogen-bond acceptors (Lipinski definition) is 10. The van der Waals surface area contributed by atoms with Gasteiger partial charge in [0, 0.05) is 26.5 Å². The van der Waals surface area contributed by atoms with Crippen LogP contribution in [0.1, 0.15) is 31.7 Å². The highest BCUT2D eigenvalue weighted by Crippen LogP contribution is 2.19. The third-order valence-corrected chi connectivity index (χ3v) is 8.42. The molecule has 0 saturated carbocycles. The van der Waals surface area contributed by atoms with E-state index in [4.69, 9.17) is 10.1 Å². The van der Waals surface area contributed by atoms with Crippen molar-refractivity contribution in [2.45, 2.75) is 50.3 Å². The summed E-state index contributed by atoms with van der Waals surface area (Å²) in [5.41, 5.74) is 2.24. The smallest absolute Gasteiger partial charge is 0.256 e. The van der Waals surface area contributed by atoms with E-state index in [0.29, 0.717) is 18.4 Å². The van der Waals surface area contributed by atoms with Gasteiger partial charge in [0.15, 0.2) is 11.3 Å². The Balaban J connectivity index is 2.12. The molecular formula is C23H37N7O9S2. The Morgan fingerprint density at radius 1 is 1.24 bits per heavy atom. The normalized spacial score (nSPS) is 18.3. The van der Waals surface area contributed by atoms with Gasteiger partial charge in [0.1, 0.15) is 15.9 Å². The van der Waals surface area contributed by atoms with Crippen molar-refractivity contribution in [1.29, 1.82) is 5.41 Å². The molecule has 16 nitrogen and oxygen atoms in total. The SMILES string of the molecule is CCOC1C(NC(=O)CN(C)C(=O)C(CCS(C)(=O)=O)NS(=O)(=O)Cc2ccccc2)CCCN1C(=N)N[N+](=O)[O-]. The zero-order valence-electron chi connectivity index (χ0n) is 23.1. The number of likely N-dealkylation sites (tertiary alicyclic amines) is 1. The molecule has 0 aromatic heterocycles. The molecule has 3 atom stereocenters. The van der Waals surface area contributed by atoms with Crippen molar-refractivity contribution >= 4 is 37.6 Å². The Labute approximate surface area is 239 Å². The Bertz CT molecular complexity index is 1290. The van der Waals surface area contributed by atoms with Crippen molar-refractivity contribution in [3.05, 3.63) is 46.0 Å². The van der Waals surface area contributed by atoms with E-state index in [2.05, 4.69) is 10.0 Å². The maximum absolute atomic E-state index is 13.2. The first-order valence-corrected chi connectivity index (χ1v) is 16.5. The summed E-state index contributed by atoms with van der Waals surface area (Å²) in [6.07, 6.45) is 0.667. The number of guanidine groups is 1. The summed E-state index contributed by atoms with van der Waals surface area (Å²) in [6, 6.07) is 6.13. The second-order valence-electron chi connectivity index (χ2n) is 9.60. The molecule has 0 spiro atoms. The van der Waals surface area contributed by atoms with Crippen LogP contribution in [0.5, 0.6) is 0 Å². The second-order valence-corrected chi connectivity index (χ2v) is 13.6. The lowest BCUT2D eigenvalue weighted by Gasteiger charge is -2.41. The molecule has 1 heterocycles. The number of carbonyl (C=O) groups is 2. The van der Waals surface area contributed by atoms with Gasteiger partial charge in [-0.3, -0.25) is 15.0 Å². The summed E-state index contributed by atoms with van der Waals surface area (Å²) in [5, 5.41) is 20.6. The van der Waals surface area contributed by atoms with Gasteiger partial charge in [0.25, 0.3) is 5.96 Å². The number of benzene rings is 1. The van der Waals surface area contributed by atoms with Crippen LogP contribution in [0.2, 0.25) is 0 Å². The van der Waals surface area contributed by atoms with Gasteiger partial charge in [0.2, 0.25) is 21.8 Å². The maximum Gasteiger partial charge on any atom is 0.256 e. The Kier molecular flexibility index (Phi) is 12.4. The van der Waals surface area contributed by atoms with Crippen LogP contribution in [0.25, 0.3) is 0 Å². The highest BCUT2D eigenvalue weighted by Gasteiger charge is 2.36. The van der Waals surface area contributed by atoms with Gasteiger partial charge in [-0.2, -0.15) is 0 Å². The topological polar surface area (TPSA) is 221 Å². The highest BCUT2D eigenvalue weighted by molar-refractivity contribution is 7.90. The van der Waals surface area contributed by atoms with Gasteiger partial charge in [-0.15, -0.1) is 0 Å². The molecule has 0 aliphatic carbocycles. The quantitative estimate of drug-likeness (QED) is 0.0858. The number of piperidine rings is 1. The molecule has 0 radical (unpaired) electrons. The summed E-state index contributed by atoms with van der Waals surface area (Å²) in [7, 11) is -6.31. The van der Waals surface area contributed by atoms with E-state index in [1.807, 2.05) is 0 Å². The standard InChI is InChI=1S/C23H37N7O9S2/c1-4-39-22-19(11-8-13-29(22)23(24)26-30(33)34)25-20(31)15-28(2)21(32)18(12-14-40(3,35)36)27-41(37,38)16-17-9-6-5-7-10-17/h5-7,9-10,18-19,22,27H,4,8,11-16H2,1-3H3,(H2,24,26)(H,25,31). The molecule has 3 unspecified atom stereocenters. The number of sulfonamides is 1. The molecule has 2 amide bonds. The molecule has 1 aromatic carbocycles. The molecule has 0 bridgehead atoms. The van der Waals surface area contributed by atoms with E-state index in [0.717, 1.165) is 11.2 Å². The van der Waals surface area contributed by atoms with E-state index in [9.17, 15) is 36.5 Å². The first-order valence-electron chi connectivity index (χ1n) is 12.8. The number of nitro groups is 1. The third-order valence-electron chi connectivity index (χ3n) is 6.09. The van der Waals surface area contributed by atoms with Gasteiger partial charge >= 0.3 is 0 Å². The Hall–Kier alpha value is -3.35. The van der Waals surface area contributed by atoms with Gasteiger partial charge in [0.05, 0.1) is 24.1 Å². The van der Waals surface area contributed by atoms with Crippen molar-refractivity contribution < 1.29 is 36.2 Å². The van der Waals surface area contributed by atoms with Crippen molar-refractivity contribution in [2.75, 3.05) is 38.8 Å². The zero-order chi connectivity index (χ0) is 30.8. The first-order chi connectivity index (χ1) is 19.1. The summed E-state index contributed by atoms with van der Waals surface area (Å²) >= 11 is 0. The van der Waals surface area contributed by atoms with E-state index >= 15 is 0 Å². The second kappa shape index (κ2) is 15.0. The molecule has 2 rings (SSSR count). The number of nitrogens with zero attached hydrogens (tertiary/aromatic N) is 3. The molecule has 1 aromatic rings. The molecule has 1 saturated heterocycles. The predicted octanol–water partition coefficient (Wildman–Crippen LogP) is -0.973. The predicted molar refractivity (Wildman–Crippen MR) is 149 cm³/mol. The number of rotatable bonds is 14. The Morgan fingerprint density at radius 2 is 1.90 bits per heavy atom. The fourth-order valence-corrected chi connectivity index (χ4v) is 6.34. The fraction of sp³-hybridized carbons (Fsp3) is 0.609. The van der Waals surface area contributed by atoms with Crippen molar-refractivity contribution in [1.82, 2.24) is 25.3 Å². The summed E-state index contributed by atoms with van der Waals surface area (Å²) < 4.78 is 57.1. The third kappa shape index (κ3) is 11.6. The van der Waals surface area contributed by atoms with Crippen LogP contribution >= 0.6 is 0 Å². The molecule has 230 valence electrons. The van der Waals surface area contributed by atoms with Gasteiger partial charge in [-0.1, -0.05) is 35.8 Å². The number of ether oxygens (including phenoxy) is 1. The lowest BCUT2D eigenvalue weighted by atomic mass is 10.0. The molecule has 1 aliphatic heterocycles. The number of amides is 2. The average Bonchev–Trinajstić information content (AvgIpc) is 2.86. The molecule has 1 fully saturated rings. The Morgan fingerprint density at radius 3 is 2.49 bits per heavy atom. The number of hydrazine groups is 1. The molecule has 18 heteroatoms. The van der Waals surface area contributed by atoms with Crippen molar-refractivity contribution in [2.24, 2.45) is 0 Å². The van der Waals surface area contributed by atoms with Gasteiger partial charge in [-0.25, -0.2) is 31.7 Å². The van der Waals surface area contributed by atoms with Gasteiger partial charge in [-0.05, 0) is 31.7 Å². The van der Waals surface area contributed by atoms with Crippen LogP contribution in [0.15, 0.2) is 30.3 Å². The van der Waals surface area contributed by atoms with Crippen LogP contribution in [-0.2, 0) is 39.9 Å². The van der Waals surface area contributed by atoms with Gasteiger partial charge < -0.3 is 19.9 Å². The molecule has 4 N–H and O–H groups in total. The monoisotopic (exact) mass is 619 g/mol. The highest BCUT2D eigenvalue weighted by atomic mass is 32.2. The van der Waals surface area contributed by atoms with E-state index < -0.39 is 79.0 Å². The largest absolute Gasteiger partial charge is 0.356 e. The summed E-state index contributed by atoms with van der Waals surface area (Å²) in [6.45, 7) is 1.68. The average molecular weight is 620 g/mol. The van der Waals surface area contributed by atoms with E-state index in [1.54, 1.807) is 42.7 Å². The number of hydrogen-bond donors (Lipinski definition) is 4. The summed E-state index contributed by atoms with van der Waals surface area (Å²) in [4.78, 5) is 39.2. The number of sulfone groups is 1. The summed E-state index contributed by atoms with van der Waals surface area (Å²) in [5.74, 6) is -2.83. The van der Waals surface area contributed by atoms with Crippen LogP contribution in [0.3, 0.4) is 0 Å². The van der Waals surface area contributed by atoms with E-state index in [1.165, 1.54) is 11.9 Å². The van der Waals surface area contributed by atoms with Crippen molar-refractivity contribution in [3.63, 3.8) is 0 Å². The maximum atomic E-state index is 13.2. The zero-order valence-corrected chi connectivity index (χ0v) is 24.7. The van der Waals surface area contributed by atoms with Crippen LogP contribution in [-0.4, -0.2) is 107 Å². The molecule has 41 heavy (non-hydrogen) atoms. The van der Waals surface area contributed by atoms with E-state index in [-0.39, 0.29) is 19.6 Å². The minimum atomic E-state index is -4.06. The van der Waals surface area contributed by atoms with Crippen LogP contribution < -0.4 is 15.5 Å². The first kappa shape index (κ1) is 33.9. The fourth-order valence-electron chi connectivity index (χ4n) is 4.31. The number of carbonyl (C=O) groups excluding carboxylic acids is 2. The lowest BCUT2D eigenvalue weighted by molar-refractivity contribution is -0.527.